The molecule has 0 radical (unpaired) electrons. The number of imide groups is 1. The molecular weight excluding hydrogens is 407 g/mol. The van der Waals surface area contributed by atoms with E-state index in [9.17, 15) is 18.8 Å². The van der Waals surface area contributed by atoms with Crippen molar-refractivity contribution in [3.8, 4) is 0 Å². The minimum atomic E-state index is -0.871. The van der Waals surface area contributed by atoms with E-state index in [0.717, 1.165) is 29.7 Å². The zero-order chi connectivity index (χ0) is 22.7. The van der Waals surface area contributed by atoms with Crippen LogP contribution < -0.4 is 4.90 Å². The molecule has 2 aromatic rings. The van der Waals surface area contributed by atoms with Crippen molar-refractivity contribution < 1.29 is 18.8 Å². The molecule has 1 heterocycles. The maximum Gasteiger partial charge on any atom is 0.257 e. The summed E-state index contributed by atoms with van der Waals surface area (Å²) in [6.07, 6.45) is 7.20. The van der Waals surface area contributed by atoms with Gasteiger partial charge in [0.1, 0.15) is 11.9 Å². The van der Waals surface area contributed by atoms with Crippen LogP contribution in [0.5, 0.6) is 0 Å². The van der Waals surface area contributed by atoms with Crippen LogP contribution in [0, 0.1) is 12.7 Å². The number of carbonyl (C=O) groups is 3. The number of allylic oxidation sites excluding steroid dienone is 1. The molecule has 2 aromatic carbocycles. The topological polar surface area (TPSA) is 57.7 Å². The van der Waals surface area contributed by atoms with E-state index < -0.39 is 17.8 Å². The summed E-state index contributed by atoms with van der Waals surface area (Å²) >= 11 is 0. The van der Waals surface area contributed by atoms with Gasteiger partial charge in [-0.25, -0.2) is 9.29 Å². The van der Waals surface area contributed by atoms with Crippen LogP contribution in [0.2, 0.25) is 0 Å². The van der Waals surface area contributed by atoms with E-state index in [2.05, 4.69) is 6.08 Å². The van der Waals surface area contributed by atoms with Gasteiger partial charge in [-0.2, -0.15) is 0 Å². The van der Waals surface area contributed by atoms with Crippen LogP contribution in [-0.2, 0) is 9.59 Å². The van der Waals surface area contributed by atoms with Crippen molar-refractivity contribution >= 4 is 23.4 Å². The number of hydrogen-bond acceptors (Lipinski definition) is 3. The number of nitrogens with zero attached hydrogens (tertiary/aromatic N) is 2. The molecule has 0 bridgehead atoms. The van der Waals surface area contributed by atoms with E-state index in [4.69, 9.17) is 0 Å². The molecular formula is C26H27FN2O3. The molecule has 1 fully saturated rings. The fourth-order valence-corrected chi connectivity index (χ4v) is 4.48. The van der Waals surface area contributed by atoms with Gasteiger partial charge in [0.25, 0.3) is 11.8 Å². The highest BCUT2D eigenvalue weighted by Crippen LogP contribution is 2.29. The van der Waals surface area contributed by atoms with E-state index in [-0.39, 0.29) is 18.2 Å². The third-order valence-electron chi connectivity index (χ3n) is 6.28. The molecule has 3 amide bonds. The number of rotatable bonds is 6. The summed E-state index contributed by atoms with van der Waals surface area (Å²) in [6, 6.07) is 11.7. The molecule has 2 aliphatic rings. The molecule has 0 aromatic heterocycles. The Bertz CT molecular complexity index is 1060. The quantitative estimate of drug-likeness (QED) is 0.485. The van der Waals surface area contributed by atoms with Gasteiger partial charge in [0, 0.05) is 12.1 Å². The monoisotopic (exact) mass is 434 g/mol. The first kappa shape index (κ1) is 21.9. The van der Waals surface area contributed by atoms with Crippen molar-refractivity contribution in [2.75, 3.05) is 11.4 Å². The van der Waals surface area contributed by atoms with Crippen LogP contribution in [0.3, 0.4) is 0 Å². The Hall–Kier alpha value is -3.28. The van der Waals surface area contributed by atoms with Gasteiger partial charge in [0.05, 0.1) is 12.1 Å². The number of hydrogen-bond donors (Lipinski definition) is 0. The van der Waals surface area contributed by atoms with E-state index in [1.165, 1.54) is 36.3 Å². The predicted molar refractivity (Wildman–Crippen MR) is 121 cm³/mol. The van der Waals surface area contributed by atoms with Gasteiger partial charge in [-0.3, -0.25) is 14.4 Å². The fourth-order valence-electron chi connectivity index (χ4n) is 4.48. The summed E-state index contributed by atoms with van der Waals surface area (Å²) < 4.78 is 13.3. The van der Waals surface area contributed by atoms with Crippen molar-refractivity contribution in [3.63, 3.8) is 0 Å². The molecule has 1 aliphatic heterocycles. The summed E-state index contributed by atoms with van der Waals surface area (Å²) in [5.41, 5.74) is 2.98. The third kappa shape index (κ3) is 4.49. The number of halogens is 1. The van der Waals surface area contributed by atoms with Gasteiger partial charge in [-0.15, -0.1) is 0 Å². The molecule has 0 spiro atoms. The summed E-state index contributed by atoms with van der Waals surface area (Å²) in [5, 5.41) is 0. The van der Waals surface area contributed by atoms with Gasteiger partial charge in [-0.05, 0) is 74.9 Å². The van der Waals surface area contributed by atoms with E-state index >= 15 is 0 Å². The summed E-state index contributed by atoms with van der Waals surface area (Å²) in [6.45, 7) is 2.24. The summed E-state index contributed by atoms with van der Waals surface area (Å²) in [4.78, 5) is 42.3. The van der Waals surface area contributed by atoms with Crippen LogP contribution in [0.1, 0.15) is 54.4 Å². The van der Waals surface area contributed by atoms with E-state index in [0.29, 0.717) is 24.2 Å². The standard InChI is InChI=1S/C26H27FN2O3/c1-18-7-5-6-10-22(18)25(31)28(16-15-19-8-3-2-4-9-19)23-17-24(30)29(26(23)32)21-13-11-20(27)12-14-21/h5-8,10-14,23H,2-4,9,15-17H2,1H3. The zero-order valence-corrected chi connectivity index (χ0v) is 18.2. The highest BCUT2D eigenvalue weighted by molar-refractivity contribution is 6.23. The van der Waals surface area contributed by atoms with Crippen molar-refractivity contribution in [2.24, 2.45) is 0 Å². The van der Waals surface area contributed by atoms with Crippen molar-refractivity contribution in [3.05, 3.63) is 77.1 Å². The molecule has 5 nitrogen and oxygen atoms in total. The number of amides is 3. The van der Waals surface area contributed by atoms with Gasteiger partial charge >= 0.3 is 0 Å². The molecule has 1 aliphatic carbocycles. The minimum absolute atomic E-state index is 0.0765. The lowest BCUT2D eigenvalue weighted by molar-refractivity contribution is -0.122. The Balaban J connectivity index is 1.62. The summed E-state index contributed by atoms with van der Waals surface area (Å²) in [7, 11) is 0. The van der Waals surface area contributed by atoms with Gasteiger partial charge in [0.2, 0.25) is 5.91 Å². The number of anilines is 1. The van der Waals surface area contributed by atoms with Crippen molar-refractivity contribution in [1.82, 2.24) is 4.90 Å². The minimum Gasteiger partial charge on any atom is -0.326 e. The fraction of sp³-hybridized carbons (Fsp3) is 0.346. The van der Waals surface area contributed by atoms with Crippen LogP contribution in [0.15, 0.2) is 60.2 Å². The molecule has 1 saturated heterocycles. The van der Waals surface area contributed by atoms with Crippen LogP contribution in [0.25, 0.3) is 0 Å². The average Bonchev–Trinajstić information content (AvgIpc) is 3.09. The normalized spacial score (nSPS) is 18.6. The zero-order valence-electron chi connectivity index (χ0n) is 18.2. The average molecular weight is 435 g/mol. The highest BCUT2D eigenvalue weighted by Gasteiger charge is 2.44. The first-order valence-electron chi connectivity index (χ1n) is 11.1. The van der Waals surface area contributed by atoms with Crippen LogP contribution in [-0.4, -0.2) is 35.2 Å². The molecule has 0 saturated carbocycles. The Labute approximate surface area is 187 Å². The first-order valence-corrected chi connectivity index (χ1v) is 11.1. The van der Waals surface area contributed by atoms with E-state index in [1.54, 1.807) is 17.0 Å². The molecule has 166 valence electrons. The number of benzene rings is 2. The second-order valence-corrected chi connectivity index (χ2v) is 8.44. The van der Waals surface area contributed by atoms with Gasteiger partial charge in [-0.1, -0.05) is 29.8 Å². The first-order chi connectivity index (χ1) is 15.5. The largest absolute Gasteiger partial charge is 0.326 e. The Morgan fingerprint density at radius 1 is 1.09 bits per heavy atom. The predicted octanol–water partition coefficient (Wildman–Crippen LogP) is 4.80. The third-order valence-corrected chi connectivity index (χ3v) is 6.28. The second kappa shape index (κ2) is 9.47. The van der Waals surface area contributed by atoms with Crippen LogP contribution >= 0.6 is 0 Å². The van der Waals surface area contributed by atoms with Crippen molar-refractivity contribution in [1.29, 1.82) is 0 Å². The molecule has 1 unspecified atom stereocenters. The molecule has 1 atom stereocenters. The van der Waals surface area contributed by atoms with E-state index in [1.807, 2.05) is 19.1 Å². The Morgan fingerprint density at radius 3 is 2.53 bits per heavy atom. The molecule has 4 rings (SSSR count). The lowest BCUT2D eigenvalue weighted by Gasteiger charge is -2.29. The Morgan fingerprint density at radius 2 is 1.84 bits per heavy atom. The maximum absolute atomic E-state index is 13.5. The smallest absolute Gasteiger partial charge is 0.257 e. The van der Waals surface area contributed by atoms with Crippen molar-refractivity contribution in [2.45, 2.75) is 51.5 Å². The number of carbonyl (C=O) groups excluding carboxylic acids is 3. The molecule has 0 N–H and O–H groups in total. The van der Waals surface area contributed by atoms with Gasteiger partial charge in [0.15, 0.2) is 0 Å². The lowest BCUT2D eigenvalue weighted by Crippen LogP contribution is -2.46. The lowest BCUT2D eigenvalue weighted by atomic mass is 9.96. The SMILES string of the molecule is Cc1ccccc1C(=O)N(CCC1=CCCCC1)C1CC(=O)N(c2ccc(F)cc2)C1=O. The number of aryl methyl sites for hydroxylation is 1. The maximum atomic E-state index is 13.5. The van der Waals surface area contributed by atoms with Crippen LogP contribution in [0.4, 0.5) is 10.1 Å². The highest BCUT2D eigenvalue weighted by atomic mass is 19.1. The molecule has 6 heteroatoms. The second-order valence-electron chi connectivity index (χ2n) is 8.44. The summed E-state index contributed by atoms with van der Waals surface area (Å²) in [5.74, 6) is -1.51. The Kier molecular flexibility index (Phi) is 6.49. The molecule has 32 heavy (non-hydrogen) atoms. The van der Waals surface area contributed by atoms with Gasteiger partial charge < -0.3 is 4.90 Å².